The summed E-state index contributed by atoms with van der Waals surface area (Å²) in [4.78, 5) is 1.07. The van der Waals surface area contributed by atoms with Gasteiger partial charge in [0.15, 0.2) is 0 Å². The first-order valence-corrected chi connectivity index (χ1v) is 10.1. The summed E-state index contributed by atoms with van der Waals surface area (Å²) >= 11 is 1.32. The zero-order valence-corrected chi connectivity index (χ0v) is 15.0. The van der Waals surface area contributed by atoms with Gasteiger partial charge < -0.3 is 0 Å². The van der Waals surface area contributed by atoms with Crippen LogP contribution in [0.3, 0.4) is 0 Å². The third-order valence-corrected chi connectivity index (χ3v) is 6.80. The minimum atomic E-state index is -3.42. The van der Waals surface area contributed by atoms with E-state index in [2.05, 4.69) is 9.82 Å². The third-order valence-electron chi connectivity index (χ3n) is 3.61. The summed E-state index contributed by atoms with van der Waals surface area (Å²) in [6, 6.07) is 13.3. The predicted molar refractivity (Wildman–Crippen MR) is 96.2 cm³/mol. The lowest BCUT2D eigenvalue weighted by Gasteiger charge is -2.03. The average Bonchev–Trinajstić information content (AvgIpc) is 3.25. The lowest BCUT2D eigenvalue weighted by atomic mass is 10.2. The Morgan fingerprint density at radius 2 is 1.96 bits per heavy atom. The van der Waals surface area contributed by atoms with E-state index < -0.39 is 10.0 Å². The maximum absolute atomic E-state index is 12.3. The molecule has 0 aliphatic heterocycles. The first-order valence-electron chi connectivity index (χ1n) is 7.76. The molecule has 0 amide bonds. The SMILES string of the molecule is CCc1ccc(S(=O)(=O)NCCc2cnn(-c3ccccc3)c2)s1. The highest BCUT2D eigenvalue weighted by Gasteiger charge is 2.16. The number of nitrogens with one attached hydrogen (secondary N) is 1. The van der Waals surface area contributed by atoms with E-state index in [9.17, 15) is 8.42 Å². The van der Waals surface area contributed by atoms with Crippen LogP contribution < -0.4 is 4.72 Å². The maximum atomic E-state index is 12.3. The first-order chi connectivity index (χ1) is 11.6. The highest BCUT2D eigenvalue weighted by atomic mass is 32.2. The van der Waals surface area contributed by atoms with Gasteiger partial charge in [-0.2, -0.15) is 5.10 Å². The third kappa shape index (κ3) is 3.92. The minimum Gasteiger partial charge on any atom is -0.241 e. The van der Waals surface area contributed by atoms with Crippen LogP contribution in [0.4, 0.5) is 0 Å². The van der Waals surface area contributed by atoms with E-state index in [1.54, 1.807) is 16.9 Å². The zero-order chi connectivity index (χ0) is 17.0. The molecule has 0 bridgehead atoms. The Morgan fingerprint density at radius 1 is 1.17 bits per heavy atom. The highest BCUT2D eigenvalue weighted by molar-refractivity contribution is 7.91. The van der Waals surface area contributed by atoms with Gasteiger partial charge in [0.05, 0.1) is 11.9 Å². The fourth-order valence-electron chi connectivity index (χ4n) is 2.30. The number of nitrogens with zero attached hydrogens (tertiary/aromatic N) is 2. The smallest absolute Gasteiger partial charge is 0.241 e. The molecule has 0 atom stereocenters. The molecule has 7 heteroatoms. The number of hydrogen-bond donors (Lipinski definition) is 1. The molecule has 0 saturated carbocycles. The molecule has 1 N–H and O–H groups in total. The Labute approximate surface area is 146 Å². The Bertz CT molecular complexity index is 899. The lowest BCUT2D eigenvalue weighted by molar-refractivity contribution is 0.584. The monoisotopic (exact) mass is 361 g/mol. The lowest BCUT2D eigenvalue weighted by Crippen LogP contribution is -2.25. The Hall–Kier alpha value is -1.96. The number of hydrogen-bond acceptors (Lipinski definition) is 4. The number of aromatic nitrogens is 2. The molecule has 0 aliphatic rings. The molecule has 1 aromatic carbocycles. The van der Waals surface area contributed by atoms with Crippen molar-refractivity contribution >= 4 is 21.4 Å². The van der Waals surface area contributed by atoms with Gasteiger partial charge in [-0.05, 0) is 42.7 Å². The molecule has 3 aromatic rings. The number of rotatable bonds is 7. The molecular formula is C17H19N3O2S2. The summed E-state index contributed by atoms with van der Waals surface area (Å²) < 4.78 is 29.3. The van der Waals surface area contributed by atoms with Gasteiger partial charge in [0.2, 0.25) is 10.0 Å². The Kier molecular flexibility index (Phi) is 5.13. The summed E-state index contributed by atoms with van der Waals surface area (Å²) in [5.74, 6) is 0. The molecule has 0 radical (unpaired) electrons. The fraction of sp³-hybridized carbons (Fsp3) is 0.235. The van der Waals surface area contributed by atoms with Crippen LogP contribution in [-0.4, -0.2) is 24.7 Å². The summed E-state index contributed by atoms with van der Waals surface area (Å²) in [7, 11) is -3.42. The second-order valence-corrected chi connectivity index (χ2v) is 8.51. The number of benzene rings is 1. The van der Waals surface area contributed by atoms with E-state index in [0.29, 0.717) is 17.2 Å². The molecule has 0 fully saturated rings. The Balaban J connectivity index is 1.59. The Morgan fingerprint density at radius 3 is 2.67 bits per heavy atom. The van der Waals surface area contributed by atoms with Gasteiger partial charge in [0.1, 0.15) is 4.21 Å². The van der Waals surface area contributed by atoms with Crippen molar-refractivity contribution in [2.75, 3.05) is 6.54 Å². The largest absolute Gasteiger partial charge is 0.250 e. The van der Waals surface area contributed by atoms with Crippen LogP contribution in [0.15, 0.2) is 59.1 Å². The normalized spacial score (nSPS) is 11.7. The van der Waals surface area contributed by atoms with Crippen molar-refractivity contribution in [3.63, 3.8) is 0 Å². The van der Waals surface area contributed by atoms with Crippen LogP contribution >= 0.6 is 11.3 Å². The van der Waals surface area contributed by atoms with E-state index in [4.69, 9.17) is 0 Å². The molecule has 2 aromatic heterocycles. The van der Waals surface area contributed by atoms with Gasteiger partial charge in [-0.15, -0.1) is 11.3 Å². The van der Waals surface area contributed by atoms with Crippen LogP contribution in [0.2, 0.25) is 0 Å². The highest BCUT2D eigenvalue weighted by Crippen LogP contribution is 2.21. The fourth-order valence-corrected chi connectivity index (χ4v) is 4.68. The van der Waals surface area contributed by atoms with Crippen LogP contribution in [0, 0.1) is 0 Å². The zero-order valence-electron chi connectivity index (χ0n) is 13.3. The van der Waals surface area contributed by atoms with Crippen molar-refractivity contribution in [3.05, 3.63) is 65.3 Å². The number of aryl methyl sites for hydroxylation is 1. The van der Waals surface area contributed by atoms with Crippen molar-refractivity contribution in [3.8, 4) is 5.69 Å². The molecule has 0 spiro atoms. The van der Waals surface area contributed by atoms with Crippen molar-refractivity contribution < 1.29 is 8.42 Å². The van der Waals surface area contributed by atoms with Gasteiger partial charge in [-0.3, -0.25) is 0 Å². The molecule has 0 saturated heterocycles. The van der Waals surface area contributed by atoms with E-state index in [1.807, 2.05) is 49.5 Å². The summed E-state index contributed by atoms with van der Waals surface area (Å²) in [5.41, 5.74) is 1.97. The van der Waals surface area contributed by atoms with Gasteiger partial charge in [-0.1, -0.05) is 25.1 Å². The molecule has 5 nitrogen and oxygen atoms in total. The number of sulfonamides is 1. The first kappa shape index (κ1) is 16.9. The molecule has 126 valence electrons. The van der Waals surface area contributed by atoms with E-state index in [0.717, 1.165) is 22.5 Å². The second-order valence-electron chi connectivity index (χ2n) is 5.35. The minimum absolute atomic E-state index is 0.349. The van der Waals surface area contributed by atoms with Crippen LogP contribution in [0.1, 0.15) is 17.4 Å². The van der Waals surface area contributed by atoms with Crippen molar-refractivity contribution in [1.29, 1.82) is 0 Å². The van der Waals surface area contributed by atoms with Gasteiger partial charge in [0.25, 0.3) is 0 Å². The molecule has 2 heterocycles. The quantitative estimate of drug-likeness (QED) is 0.703. The summed E-state index contributed by atoms with van der Waals surface area (Å²) in [6.45, 7) is 2.36. The molecule has 0 unspecified atom stereocenters. The molecular weight excluding hydrogens is 342 g/mol. The van der Waals surface area contributed by atoms with E-state index in [1.165, 1.54) is 11.3 Å². The van der Waals surface area contributed by atoms with Crippen LogP contribution in [-0.2, 0) is 22.9 Å². The number of thiophene rings is 1. The predicted octanol–water partition coefficient (Wildman–Crippen LogP) is 3.02. The van der Waals surface area contributed by atoms with Crippen molar-refractivity contribution in [2.24, 2.45) is 0 Å². The summed E-state index contributed by atoms with van der Waals surface area (Å²) in [5, 5.41) is 4.32. The van der Waals surface area contributed by atoms with E-state index >= 15 is 0 Å². The van der Waals surface area contributed by atoms with Crippen LogP contribution in [0.25, 0.3) is 5.69 Å². The summed E-state index contributed by atoms with van der Waals surface area (Å²) in [6.07, 6.45) is 5.13. The average molecular weight is 361 g/mol. The van der Waals surface area contributed by atoms with Crippen LogP contribution in [0.5, 0.6) is 0 Å². The van der Waals surface area contributed by atoms with Crippen molar-refractivity contribution in [1.82, 2.24) is 14.5 Å². The maximum Gasteiger partial charge on any atom is 0.250 e. The van der Waals surface area contributed by atoms with E-state index in [-0.39, 0.29) is 0 Å². The second kappa shape index (κ2) is 7.29. The topological polar surface area (TPSA) is 64.0 Å². The van der Waals surface area contributed by atoms with Gasteiger partial charge in [0, 0.05) is 17.6 Å². The van der Waals surface area contributed by atoms with Gasteiger partial charge >= 0.3 is 0 Å². The van der Waals surface area contributed by atoms with Gasteiger partial charge in [-0.25, -0.2) is 17.8 Å². The standard InChI is InChI=1S/C17H19N3O2S2/c1-2-16-8-9-17(23-16)24(21,22)19-11-10-14-12-18-20(13-14)15-6-4-3-5-7-15/h3-9,12-13,19H,2,10-11H2,1H3. The molecule has 3 rings (SSSR count). The molecule has 0 aliphatic carbocycles. The van der Waals surface area contributed by atoms with Crippen molar-refractivity contribution in [2.45, 2.75) is 24.0 Å². The number of para-hydroxylation sites is 1. The molecule has 24 heavy (non-hydrogen) atoms.